The van der Waals surface area contributed by atoms with Crippen LogP contribution in [0.3, 0.4) is 0 Å². The van der Waals surface area contributed by atoms with Gasteiger partial charge in [-0.3, -0.25) is 0 Å². The molecule has 0 radical (unpaired) electrons. The molecule has 0 bridgehead atoms. The first-order chi connectivity index (χ1) is 16.9. The fourth-order valence-electron chi connectivity index (χ4n) is 3.82. The first kappa shape index (κ1) is 24.3. The van der Waals surface area contributed by atoms with Crippen molar-refractivity contribution in [1.82, 2.24) is 19.9 Å². The number of methoxy groups -OCH3 is 2. The number of hydrogen-bond donors (Lipinski definition) is 2. The zero-order valence-electron chi connectivity index (χ0n) is 20.7. The van der Waals surface area contributed by atoms with Gasteiger partial charge in [0.15, 0.2) is 17.2 Å². The predicted molar refractivity (Wildman–Crippen MR) is 139 cm³/mol. The van der Waals surface area contributed by atoms with Crippen LogP contribution in [0.5, 0.6) is 23.1 Å². The van der Waals surface area contributed by atoms with Gasteiger partial charge < -0.3 is 34.5 Å². The molecule has 1 aliphatic carbocycles. The Morgan fingerprint density at radius 3 is 2.40 bits per heavy atom. The normalized spacial score (nSPS) is 17.7. The van der Waals surface area contributed by atoms with Crippen molar-refractivity contribution < 1.29 is 21.8 Å². The molecule has 1 aliphatic heterocycles. The van der Waals surface area contributed by atoms with Crippen LogP contribution < -0.4 is 29.6 Å². The van der Waals surface area contributed by atoms with E-state index in [4.69, 9.17) is 18.9 Å². The topological polar surface area (TPSA) is 103 Å². The van der Waals surface area contributed by atoms with Crippen molar-refractivity contribution in [1.29, 1.82) is 0 Å². The van der Waals surface area contributed by atoms with Gasteiger partial charge in [-0.2, -0.15) is 4.98 Å². The number of benzene rings is 1. The zero-order valence-corrected chi connectivity index (χ0v) is 20.7. The standard InChI is InChI=1S/C22H23N5O4.C3H9N.2H2/c1-28-15-7-6-13(10-18(15)29-2)26-22-23-9-8-20(27-22)25-14-11-19-21(24-12-14)31-17-5-3-4-16(17)30-19;1-4(2)3;;/h6-12,16-17H,3-5H2,1-2H3,(H2,23,25,26,27);1-3H3;2*1H/t16-,17-;;;/m0.../s1. The van der Waals surface area contributed by atoms with Crippen molar-refractivity contribution in [2.24, 2.45) is 0 Å². The summed E-state index contributed by atoms with van der Waals surface area (Å²) in [6.07, 6.45) is 6.76. The summed E-state index contributed by atoms with van der Waals surface area (Å²) in [6, 6.07) is 9.18. The van der Waals surface area contributed by atoms with E-state index in [1.54, 1.807) is 32.7 Å². The summed E-state index contributed by atoms with van der Waals surface area (Å²) in [5.41, 5.74) is 1.54. The molecule has 10 nitrogen and oxygen atoms in total. The van der Waals surface area contributed by atoms with Crippen molar-refractivity contribution >= 4 is 23.1 Å². The molecule has 1 saturated carbocycles. The molecule has 0 spiro atoms. The molecule has 5 rings (SSSR count). The maximum Gasteiger partial charge on any atom is 0.257 e. The number of pyridine rings is 1. The van der Waals surface area contributed by atoms with E-state index in [0.717, 1.165) is 30.6 Å². The second-order valence-corrected chi connectivity index (χ2v) is 8.70. The lowest BCUT2D eigenvalue weighted by atomic mass is 10.2. The summed E-state index contributed by atoms with van der Waals surface area (Å²) in [7, 11) is 9.19. The number of ether oxygens (including phenoxy) is 4. The number of rotatable bonds is 6. The highest BCUT2D eigenvalue weighted by Crippen LogP contribution is 2.39. The van der Waals surface area contributed by atoms with Gasteiger partial charge in [0, 0.05) is 26.9 Å². The first-order valence-corrected chi connectivity index (χ1v) is 11.5. The molecule has 3 heterocycles. The Labute approximate surface area is 208 Å². The van der Waals surface area contributed by atoms with Crippen LogP contribution in [0, 0.1) is 0 Å². The van der Waals surface area contributed by atoms with Gasteiger partial charge in [-0.15, -0.1) is 0 Å². The van der Waals surface area contributed by atoms with Crippen molar-refractivity contribution in [3.8, 4) is 23.1 Å². The SMILES string of the molecule is CN(C)C.COc1ccc(Nc2nccc(Nc3cnc4c(c3)O[C@H]3CCC[C@@H]3O4)n2)cc1OC.[HH].[HH]. The third kappa shape index (κ3) is 6.21. The van der Waals surface area contributed by atoms with Crippen LogP contribution in [-0.2, 0) is 0 Å². The van der Waals surface area contributed by atoms with E-state index in [0.29, 0.717) is 34.9 Å². The summed E-state index contributed by atoms with van der Waals surface area (Å²) in [5, 5.41) is 6.42. The summed E-state index contributed by atoms with van der Waals surface area (Å²) < 4.78 is 22.7. The van der Waals surface area contributed by atoms with Gasteiger partial charge >= 0.3 is 0 Å². The minimum absolute atomic E-state index is 0. The van der Waals surface area contributed by atoms with Crippen molar-refractivity contribution in [2.45, 2.75) is 31.5 Å². The molecular formula is C25H36N6O4. The first-order valence-electron chi connectivity index (χ1n) is 11.5. The number of aromatic nitrogens is 3. The molecule has 2 aromatic heterocycles. The van der Waals surface area contributed by atoms with Crippen LogP contribution in [0.1, 0.15) is 22.1 Å². The van der Waals surface area contributed by atoms with Crippen molar-refractivity contribution in [2.75, 3.05) is 46.0 Å². The lowest BCUT2D eigenvalue weighted by molar-refractivity contribution is 0.0383. The summed E-state index contributed by atoms with van der Waals surface area (Å²) in [6.45, 7) is 0. The van der Waals surface area contributed by atoms with E-state index < -0.39 is 0 Å². The highest BCUT2D eigenvalue weighted by molar-refractivity contribution is 5.63. The maximum atomic E-state index is 6.08. The highest BCUT2D eigenvalue weighted by atomic mass is 16.6. The van der Waals surface area contributed by atoms with Gasteiger partial charge in [0.05, 0.1) is 26.1 Å². The number of fused-ring (bicyclic) bond motifs is 2. The second-order valence-electron chi connectivity index (χ2n) is 8.70. The monoisotopic (exact) mass is 484 g/mol. The third-order valence-corrected chi connectivity index (χ3v) is 5.32. The van der Waals surface area contributed by atoms with Crippen LogP contribution in [0.25, 0.3) is 0 Å². The fraction of sp³-hybridized carbons (Fsp3) is 0.400. The van der Waals surface area contributed by atoms with Gasteiger partial charge in [0.1, 0.15) is 18.0 Å². The molecule has 1 aromatic carbocycles. The maximum absolute atomic E-state index is 6.08. The predicted octanol–water partition coefficient (Wildman–Crippen LogP) is 4.74. The minimum atomic E-state index is 0. The van der Waals surface area contributed by atoms with Crippen molar-refractivity contribution in [3.05, 3.63) is 42.7 Å². The molecule has 0 saturated heterocycles. The molecule has 2 aliphatic rings. The Bertz CT molecular complexity index is 1150. The Kier molecular flexibility index (Phi) is 7.71. The Hall–Kier alpha value is -3.79. The molecule has 2 atom stereocenters. The van der Waals surface area contributed by atoms with Gasteiger partial charge in [-0.05, 0) is 58.6 Å². The fourth-order valence-corrected chi connectivity index (χ4v) is 3.82. The van der Waals surface area contributed by atoms with E-state index in [2.05, 4.69) is 25.6 Å². The molecule has 1 fully saturated rings. The van der Waals surface area contributed by atoms with E-state index in [9.17, 15) is 0 Å². The van der Waals surface area contributed by atoms with Crippen LogP contribution in [0.4, 0.5) is 23.1 Å². The molecule has 190 valence electrons. The average Bonchev–Trinajstić information content (AvgIpc) is 3.29. The highest BCUT2D eigenvalue weighted by Gasteiger charge is 2.36. The Morgan fingerprint density at radius 2 is 1.66 bits per heavy atom. The van der Waals surface area contributed by atoms with E-state index >= 15 is 0 Å². The van der Waals surface area contributed by atoms with Crippen LogP contribution in [0.2, 0.25) is 0 Å². The number of hydrogen-bond acceptors (Lipinski definition) is 10. The molecule has 2 N–H and O–H groups in total. The Balaban J connectivity index is 0.000000750. The zero-order chi connectivity index (χ0) is 24.8. The van der Waals surface area contributed by atoms with Gasteiger partial charge in [-0.1, -0.05) is 0 Å². The lowest BCUT2D eigenvalue weighted by Crippen LogP contribution is -2.35. The minimum Gasteiger partial charge on any atom is -0.493 e. The molecule has 0 amide bonds. The smallest absolute Gasteiger partial charge is 0.257 e. The van der Waals surface area contributed by atoms with Crippen molar-refractivity contribution in [3.63, 3.8) is 0 Å². The molecule has 10 heteroatoms. The van der Waals surface area contributed by atoms with Crippen LogP contribution >= 0.6 is 0 Å². The number of anilines is 4. The third-order valence-electron chi connectivity index (χ3n) is 5.32. The molecular weight excluding hydrogens is 448 g/mol. The summed E-state index contributed by atoms with van der Waals surface area (Å²) in [4.78, 5) is 15.2. The largest absolute Gasteiger partial charge is 0.493 e. The molecule has 35 heavy (non-hydrogen) atoms. The van der Waals surface area contributed by atoms with Gasteiger partial charge in [0.2, 0.25) is 5.95 Å². The second kappa shape index (κ2) is 11.1. The summed E-state index contributed by atoms with van der Waals surface area (Å²) >= 11 is 0. The Morgan fingerprint density at radius 1 is 0.914 bits per heavy atom. The average molecular weight is 485 g/mol. The quantitative estimate of drug-likeness (QED) is 0.510. The van der Waals surface area contributed by atoms with Gasteiger partial charge in [-0.25, -0.2) is 9.97 Å². The van der Waals surface area contributed by atoms with Gasteiger partial charge in [0.25, 0.3) is 5.88 Å². The number of nitrogens with zero attached hydrogens (tertiary/aromatic N) is 4. The molecule has 3 aromatic rings. The summed E-state index contributed by atoms with van der Waals surface area (Å²) in [5.74, 6) is 3.54. The van der Waals surface area contributed by atoms with E-state index in [1.807, 2.05) is 50.3 Å². The number of nitrogens with one attached hydrogen (secondary N) is 2. The van der Waals surface area contributed by atoms with Crippen LogP contribution in [0.15, 0.2) is 42.7 Å². The van der Waals surface area contributed by atoms with Crippen LogP contribution in [-0.4, -0.2) is 67.4 Å². The lowest BCUT2D eigenvalue weighted by Gasteiger charge is -2.28. The molecule has 0 unspecified atom stereocenters. The van der Waals surface area contributed by atoms with E-state index in [-0.39, 0.29) is 15.1 Å². The van der Waals surface area contributed by atoms with E-state index in [1.165, 1.54) is 0 Å².